The van der Waals surface area contributed by atoms with Gasteiger partial charge in [-0.05, 0) is 31.9 Å². The lowest BCUT2D eigenvalue weighted by Crippen LogP contribution is -2.22. The van der Waals surface area contributed by atoms with E-state index in [0.717, 1.165) is 41.3 Å². The normalized spacial score (nSPS) is 17.8. The van der Waals surface area contributed by atoms with Crippen molar-refractivity contribution in [1.29, 1.82) is 0 Å². The highest BCUT2D eigenvalue weighted by molar-refractivity contribution is 9.06. The van der Waals surface area contributed by atoms with Crippen LogP contribution in [0.2, 0.25) is 0 Å². The lowest BCUT2D eigenvalue weighted by molar-refractivity contribution is 0.384. The van der Waals surface area contributed by atoms with Crippen molar-refractivity contribution in [3.63, 3.8) is 0 Å². The first-order valence-electron chi connectivity index (χ1n) is 6.01. The molecule has 6 heteroatoms. The summed E-state index contributed by atoms with van der Waals surface area (Å²) in [5.74, 6) is 0. The molecule has 0 bridgehead atoms. The smallest absolute Gasteiger partial charge is 0.240 e. The van der Waals surface area contributed by atoms with E-state index in [0.29, 0.717) is 4.90 Å². The zero-order chi connectivity index (χ0) is 13.0. The monoisotopic (exact) mass is 303 g/mol. The fraction of sp³-hybridized carbons (Fsp3) is 0.500. The van der Waals surface area contributed by atoms with Gasteiger partial charge in [0.25, 0.3) is 0 Å². The molecule has 18 heavy (non-hydrogen) atoms. The summed E-state index contributed by atoms with van der Waals surface area (Å²) >= 11 is 0. The van der Waals surface area contributed by atoms with Crippen LogP contribution in [0.5, 0.6) is 0 Å². The molecule has 1 aromatic rings. The van der Waals surface area contributed by atoms with Crippen LogP contribution in [0, 0.1) is 6.92 Å². The van der Waals surface area contributed by atoms with Gasteiger partial charge in [0, 0.05) is 24.1 Å². The van der Waals surface area contributed by atoms with Crippen LogP contribution in [0.3, 0.4) is 0 Å². The van der Waals surface area contributed by atoms with Gasteiger partial charge < -0.3 is 0 Å². The van der Waals surface area contributed by atoms with Gasteiger partial charge in [-0.15, -0.1) is 0 Å². The zero-order valence-electron chi connectivity index (χ0n) is 10.3. The van der Waals surface area contributed by atoms with Gasteiger partial charge >= 0.3 is 0 Å². The van der Waals surface area contributed by atoms with Crippen LogP contribution in [-0.4, -0.2) is 25.8 Å². The Bertz CT molecular complexity index is 479. The van der Waals surface area contributed by atoms with Gasteiger partial charge in [-0.25, -0.2) is 12.7 Å². The van der Waals surface area contributed by atoms with Gasteiger partial charge in [0.1, 0.15) is 0 Å². The molecule has 0 aliphatic carbocycles. The second kappa shape index (κ2) is 6.32. The molecule has 1 aromatic carbocycles. The maximum atomic E-state index is 12.1. The zero-order valence-corrected chi connectivity index (χ0v) is 12.8. The molecular formula is C12H17NO2S3. The van der Waals surface area contributed by atoms with E-state index in [9.17, 15) is 8.42 Å². The highest BCUT2D eigenvalue weighted by Crippen LogP contribution is 2.37. The van der Waals surface area contributed by atoms with Gasteiger partial charge in [0.15, 0.2) is 0 Å². The third-order valence-electron chi connectivity index (χ3n) is 2.85. The van der Waals surface area contributed by atoms with Crippen molar-refractivity contribution in [3.05, 3.63) is 29.8 Å². The van der Waals surface area contributed by atoms with E-state index >= 15 is 0 Å². The number of aryl methyl sites for hydroxylation is 1. The van der Waals surface area contributed by atoms with Crippen LogP contribution in [0.15, 0.2) is 29.2 Å². The third kappa shape index (κ3) is 3.91. The van der Waals surface area contributed by atoms with Crippen LogP contribution in [0.25, 0.3) is 0 Å². The number of nitrogens with zero attached hydrogens (tertiary/aromatic N) is 1. The summed E-state index contributed by atoms with van der Waals surface area (Å²) < 4.78 is 26.3. The van der Waals surface area contributed by atoms with E-state index in [1.807, 2.05) is 19.1 Å². The van der Waals surface area contributed by atoms with Gasteiger partial charge in [-0.1, -0.05) is 24.1 Å². The SMILES string of the molecule is Cc1ccc(S(=O)(=O)SSN2CCCCC2)cc1. The van der Waals surface area contributed by atoms with Crippen molar-refractivity contribution in [2.75, 3.05) is 13.1 Å². The summed E-state index contributed by atoms with van der Waals surface area (Å²) in [6.45, 7) is 3.92. The van der Waals surface area contributed by atoms with E-state index in [-0.39, 0.29) is 0 Å². The van der Waals surface area contributed by atoms with Gasteiger partial charge in [-0.3, -0.25) is 0 Å². The molecule has 0 aromatic heterocycles. The molecule has 0 atom stereocenters. The minimum Gasteiger partial charge on any atom is -0.240 e. The Hall–Kier alpha value is -0.170. The van der Waals surface area contributed by atoms with E-state index in [4.69, 9.17) is 0 Å². The van der Waals surface area contributed by atoms with Crippen LogP contribution in [-0.2, 0) is 8.87 Å². The molecule has 0 radical (unpaired) electrons. The largest absolute Gasteiger partial charge is 0.241 e. The molecule has 0 spiro atoms. The first kappa shape index (κ1) is 14.2. The predicted molar refractivity (Wildman–Crippen MR) is 79.0 cm³/mol. The molecule has 1 heterocycles. The fourth-order valence-corrected chi connectivity index (χ4v) is 6.61. The molecule has 0 amide bonds. The number of hydrogen-bond donors (Lipinski definition) is 0. The first-order chi connectivity index (χ1) is 8.58. The molecule has 1 aliphatic rings. The standard InChI is InChI=1S/C12H17NO2S3/c1-11-5-7-12(8-6-11)18(14,15)17-16-13-9-3-2-4-10-13/h5-8H,2-4,9-10H2,1H3. The van der Waals surface area contributed by atoms with Crippen molar-refractivity contribution in [2.45, 2.75) is 31.1 Å². The Labute approximate surface area is 116 Å². The van der Waals surface area contributed by atoms with E-state index in [1.165, 1.54) is 17.4 Å². The van der Waals surface area contributed by atoms with Gasteiger partial charge in [0.2, 0.25) is 8.87 Å². The van der Waals surface area contributed by atoms with Crippen LogP contribution in [0.4, 0.5) is 0 Å². The molecule has 2 rings (SSSR count). The summed E-state index contributed by atoms with van der Waals surface area (Å²) in [5, 5.41) is 0. The molecule has 1 fully saturated rings. The van der Waals surface area contributed by atoms with E-state index < -0.39 is 8.87 Å². The summed E-state index contributed by atoms with van der Waals surface area (Å²) in [6.07, 6.45) is 3.59. The van der Waals surface area contributed by atoms with Crippen molar-refractivity contribution in [3.8, 4) is 0 Å². The second-order valence-electron chi connectivity index (χ2n) is 4.40. The minimum atomic E-state index is -3.24. The van der Waals surface area contributed by atoms with E-state index in [1.54, 1.807) is 12.1 Å². The van der Waals surface area contributed by atoms with Crippen molar-refractivity contribution in [2.24, 2.45) is 0 Å². The van der Waals surface area contributed by atoms with Crippen molar-refractivity contribution >= 4 is 29.7 Å². The lowest BCUT2D eigenvalue weighted by atomic mass is 10.2. The Kier molecular flexibility index (Phi) is 5.00. The molecule has 3 nitrogen and oxygen atoms in total. The summed E-state index contributed by atoms with van der Waals surface area (Å²) in [4.78, 5) is 0.391. The molecular weight excluding hydrogens is 286 g/mol. The highest BCUT2D eigenvalue weighted by atomic mass is 33.5. The fourth-order valence-electron chi connectivity index (χ4n) is 1.77. The molecule has 1 aliphatic heterocycles. The van der Waals surface area contributed by atoms with Gasteiger partial charge in [0.05, 0.1) is 14.7 Å². The number of hydrogen-bond acceptors (Lipinski definition) is 5. The maximum absolute atomic E-state index is 12.1. The number of benzene rings is 1. The van der Waals surface area contributed by atoms with Crippen molar-refractivity contribution < 1.29 is 8.42 Å². The molecule has 0 N–H and O–H groups in total. The van der Waals surface area contributed by atoms with Gasteiger partial charge in [-0.2, -0.15) is 0 Å². The quantitative estimate of drug-likeness (QED) is 0.629. The number of rotatable bonds is 4. The average molecular weight is 303 g/mol. The third-order valence-corrected chi connectivity index (χ3v) is 8.61. The molecule has 100 valence electrons. The van der Waals surface area contributed by atoms with Crippen LogP contribution < -0.4 is 0 Å². The van der Waals surface area contributed by atoms with E-state index in [2.05, 4.69) is 4.31 Å². The lowest BCUT2D eigenvalue weighted by Gasteiger charge is -2.23. The average Bonchev–Trinajstić information content (AvgIpc) is 2.38. The molecule has 0 saturated carbocycles. The summed E-state index contributed by atoms with van der Waals surface area (Å²) in [7, 11) is -0.914. The van der Waals surface area contributed by atoms with Crippen LogP contribution in [0.1, 0.15) is 24.8 Å². The predicted octanol–water partition coefficient (Wildman–Crippen LogP) is 3.47. The van der Waals surface area contributed by atoms with Crippen LogP contribution >= 0.6 is 20.8 Å². The Morgan fingerprint density at radius 1 is 1.06 bits per heavy atom. The topological polar surface area (TPSA) is 37.4 Å². The number of piperidine rings is 1. The minimum absolute atomic E-state index is 0.391. The second-order valence-corrected chi connectivity index (χ2v) is 9.98. The Morgan fingerprint density at radius 3 is 2.28 bits per heavy atom. The summed E-state index contributed by atoms with van der Waals surface area (Å²) in [5.41, 5.74) is 1.07. The van der Waals surface area contributed by atoms with Crippen molar-refractivity contribution in [1.82, 2.24) is 4.31 Å². The first-order valence-corrected chi connectivity index (χ1v) is 10.1. The summed E-state index contributed by atoms with van der Waals surface area (Å²) in [6, 6.07) is 7.01. The Balaban J connectivity index is 1.96. The molecule has 1 saturated heterocycles. The highest BCUT2D eigenvalue weighted by Gasteiger charge is 2.19. The Morgan fingerprint density at radius 2 is 1.67 bits per heavy atom. The maximum Gasteiger partial charge on any atom is 0.241 e. The molecule has 0 unspecified atom stereocenters.